The van der Waals surface area contributed by atoms with Crippen LogP contribution in [0.1, 0.15) is 50.7 Å². The van der Waals surface area contributed by atoms with E-state index in [1.807, 2.05) is 0 Å². The average Bonchev–Trinajstić information content (AvgIpc) is 2.87. The molecule has 3 N–H and O–H groups in total. The van der Waals surface area contributed by atoms with Crippen LogP contribution in [-0.4, -0.2) is 17.3 Å². The molecule has 1 saturated carbocycles. The van der Waals surface area contributed by atoms with E-state index >= 15 is 0 Å². The first-order valence-corrected chi connectivity index (χ1v) is 8.52. The predicted octanol–water partition coefficient (Wildman–Crippen LogP) is 3.31. The van der Waals surface area contributed by atoms with Gasteiger partial charge in [0.15, 0.2) is 0 Å². The Balaban J connectivity index is 1.99. The lowest BCUT2D eigenvalue weighted by molar-refractivity contribution is -0.153. The highest BCUT2D eigenvalue weighted by Crippen LogP contribution is 2.54. The Morgan fingerprint density at radius 1 is 1.19 bits per heavy atom. The Kier molecular flexibility index (Phi) is 3.87. The van der Waals surface area contributed by atoms with Gasteiger partial charge in [-0.2, -0.15) is 0 Å². The van der Waals surface area contributed by atoms with Gasteiger partial charge in [-0.3, -0.25) is 0 Å². The van der Waals surface area contributed by atoms with Crippen LogP contribution in [-0.2, 0) is 12.8 Å². The van der Waals surface area contributed by atoms with Gasteiger partial charge < -0.3 is 10.8 Å². The molecule has 1 aromatic rings. The molecule has 1 fully saturated rings. The van der Waals surface area contributed by atoms with Gasteiger partial charge >= 0.3 is 0 Å². The summed E-state index contributed by atoms with van der Waals surface area (Å²) in [6.07, 6.45) is 6.34. The van der Waals surface area contributed by atoms with Crippen LogP contribution in [0.25, 0.3) is 0 Å². The van der Waals surface area contributed by atoms with Crippen molar-refractivity contribution in [2.45, 2.75) is 58.0 Å². The van der Waals surface area contributed by atoms with Crippen LogP contribution in [0.3, 0.4) is 0 Å². The maximum absolute atomic E-state index is 11.7. The summed E-state index contributed by atoms with van der Waals surface area (Å²) in [6, 6.07) is 8.64. The maximum Gasteiger partial charge on any atom is 0.0752 e. The molecule has 0 spiro atoms. The second-order valence-electron chi connectivity index (χ2n) is 7.63. The lowest BCUT2D eigenvalue weighted by atomic mass is 9.56. The van der Waals surface area contributed by atoms with Gasteiger partial charge in [0.05, 0.1) is 5.60 Å². The minimum atomic E-state index is -0.604. The Bertz CT molecular complexity index is 485. The minimum absolute atomic E-state index is 0.161. The van der Waals surface area contributed by atoms with Crippen molar-refractivity contribution in [2.24, 2.45) is 23.0 Å². The molecular formula is C19H29NO. The van der Waals surface area contributed by atoms with Crippen LogP contribution in [0, 0.1) is 17.3 Å². The number of nitrogens with two attached hydrogens (primary N) is 1. The zero-order chi connectivity index (χ0) is 15.1. The van der Waals surface area contributed by atoms with E-state index in [1.54, 1.807) is 0 Å². The minimum Gasteiger partial charge on any atom is -0.389 e. The van der Waals surface area contributed by atoms with Crippen LogP contribution in [0.4, 0.5) is 0 Å². The summed E-state index contributed by atoms with van der Waals surface area (Å²) in [5.74, 6) is 0.895. The van der Waals surface area contributed by atoms with Crippen molar-refractivity contribution >= 4 is 0 Å². The van der Waals surface area contributed by atoms with Crippen molar-refractivity contribution < 1.29 is 5.11 Å². The maximum atomic E-state index is 11.7. The summed E-state index contributed by atoms with van der Waals surface area (Å²) in [4.78, 5) is 0. The standard InChI is InChI=1S/C19H29NO/c1-14(2)17-9-5-6-10-19(17,21)18(13-20)11-15-7-3-4-8-16(15)12-18/h3-4,7-8,14,17,21H,5-6,9-13,20H2,1-2H3. The summed E-state index contributed by atoms with van der Waals surface area (Å²) in [5, 5.41) is 11.7. The molecule has 0 aliphatic heterocycles. The number of hydrogen-bond acceptors (Lipinski definition) is 2. The third-order valence-electron chi connectivity index (χ3n) is 6.23. The molecular weight excluding hydrogens is 258 g/mol. The molecule has 1 aromatic carbocycles. The summed E-state index contributed by atoms with van der Waals surface area (Å²) >= 11 is 0. The van der Waals surface area contributed by atoms with Crippen molar-refractivity contribution in [3.05, 3.63) is 35.4 Å². The second-order valence-corrected chi connectivity index (χ2v) is 7.63. The van der Waals surface area contributed by atoms with E-state index < -0.39 is 5.60 Å². The molecule has 0 radical (unpaired) electrons. The molecule has 3 rings (SSSR count). The van der Waals surface area contributed by atoms with E-state index in [9.17, 15) is 5.11 Å². The highest BCUT2D eigenvalue weighted by molar-refractivity contribution is 5.36. The fourth-order valence-electron chi connectivity index (χ4n) is 5.05. The van der Waals surface area contributed by atoms with E-state index in [1.165, 1.54) is 17.5 Å². The molecule has 2 aliphatic carbocycles. The summed E-state index contributed by atoms with van der Waals surface area (Å²) in [5.41, 5.74) is 8.29. The Morgan fingerprint density at radius 3 is 2.33 bits per heavy atom. The van der Waals surface area contributed by atoms with Crippen LogP contribution < -0.4 is 5.73 Å². The highest BCUT2D eigenvalue weighted by Gasteiger charge is 2.57. The Hall–Kier alpha value is -0.860. The van der Waals surface area contributed by atoms with Gasteiger partial charge in [0.1, 0.15) is 0 Å². The van der Waals surface area contributed by atoms with Gasteiger partial charge in [-0.05, 0) is 48.6 Å². The lowest BCUT2D eigenvalue weighted by Crippen LogP contribution is -2.60. The lowest BCUT2D eigenvalue weighted by Gasteiger charge is -2.53. The molecule has 0 bridgehead atoms. The predicted molar refractivity (Wildman–Crippen MR) is 87.1 cm³/mol. The van der Waals surface area contributed by atoms with Gasteiger partial charge in [0, 0.05) is 12.0 Å². The van der Waals surface area contributed by atoms with Gasteiger partial charge in [0.2, 0.25) is 0 Å². The number of fused-ring (bicyclic) bond motifs is 1. The van der Waals surface area contributed by atoms with E-state index in [0.717, 1.165) is 32.1 Å². The highest BCUT2D eigenvalue weighted by atomic mass is 16.3. The topological polar surface area (TPSA) is 46.2 Å². The van der Waals surface area contributed by atoms with Crippen molar-refractivity contribution in [1.82, 2.24) is 0 Å². The quantitative estimate of drug-likeness (QED) is 0.896. The molecule has 0 saturated heterocycles. The first-order valence-electron chi connectivity index (χ1n) is 8.52. The van der Waals surface area contributed by atoms with Gasteiger partial charge in [-0.25, -0.2) is 0 Å². The molecule has 116 valence electrons. The molecule has 2 nitrogen and oxygen atoms in total. The molecule has 0 aromatic heterocycles. The molecule has 2 aliphatic rings. The third-order valence-corrected chi connectivity index (χ3v) is 6.23. The summed E-state index contributed by atoms with van der Waals surface area (Å²) in [6.45, 7) is 5.10. The normalized spacial score (nSPS) is 31.4. The summed E-state index contributed by atoms with van der Waals surface area (Å²) in [7, 11) is 0. The Labute approximate surface area is 128 Å². The fourth-order valence-corrected chi connectivity index (χ4v) is 5.05. The Morgan fingerprint density at radius 2 is 1.81 bits per heavy atom. The number of aliphatic hydroxyl groups is 1. The zero-order valence-electron chi connectivity index (χ0n) is 13.4. The largest absolute Gasteiger partial charge is 0.389 e. The second kappa shape index (κ2) is 5.40. The molecule has 2 atom stereocenters. The summed E-state index contributed by atoms with van der Waals surface area (Å²) < 4.78 is 0. The van der Waals surface area contributed by atoms with E-state index in [0.29, 0.717) is 18.4 Å². The van der Waals surface area contributed by atoms with E-state index in [2.05, 4.69) is 38.1 Å². The molecule has 0 amide bonds. The molecule has 2 unspecified atom stereocenters. The van der Waals surface area contributed by atoms with Gasteiger partial charge in [-0.15, -0.1) is 0 Å². The molecule has 21 heavy (non-hydrogen) atoms. The molecule has 0 heterocycles. The van der Waals surface area contributed by atoms with Gasteiger partial charge in [-0.1, -0.05) is 51.0 Å². The first kappa shape index (κ1) is 15.1. The smallest absolute Gasteiger partial charge is 0.0752 e. The number of benzene rings is 1. The van der Waals surface area contributed by atoms with Crippen LogP contribution in [0.15, 0.2) is 24.3 Å². The third kappa shape index (κ3) is 2.24. The molecule has 2 heteroatoms. The van der Waals surface area contributed by atoms with Crippen LogP contribution in [0.5, 0.6) is 0 Å². The number of rotatable bonds is 3. The average molecular weight is 287 g/mol. The van der Waals surface area contributed by atoms with Crippen molar-refractivity contribution in [3.63, 3.8) is 0 Å². The van der Waals surface area contributed by atoms with Crippen molar-refractivity contribution in [2.75, 3.05) is 6.54 Å². The fraction of sp³-hybridized carbons (Fsp3) is 0.684. The van der Waals surface area contributed by atoms with E-state index in [-0.39, 0.29) is 5.41 Å². The monoisotopic (exact) mass is 287 g/mol. The number of hydrogen-bond donors (Lipinski definition) is 2. The van der Waals surface area contributed by atoms with Crippen molar-refractivity contribution in [3.8, 4) is 0 Å². The SMILES string of the molecule is CC(C)C1CCCCC1(O)C1(CN)Cc2ccccc2C1. The van der Waals surface area contributed by atoms with Crippen LogP contribution in [0.2, 0.25) is 0 Å². The van der Waals surface area contributed by atoms with Crippen molar-refractivity contribution in [1.29, 1.82) is 0 Å². The zero-order valence-corrected chi connectivity index (χ0v) is 13.4. The van der Waals surface area contributed by atoms with E-state index in [4.69, 9.17) is 5.73 Å². The van der Waals surface area contributed by atoms with Gasteiger partial charge in [0.25, 0.3) is 0 Å². The first-order chi connectivity index (χ1) is 10.0. The van der Waals surface area contributed by atoms with Crippen LogP contribution >= 0.6 is 0 Å².